The Labute approximate surface area is 145 Å². The summed E-state index contributed by atoms with van der Waals surface area (Å²) < 4.78 is 23.1. The van der Waals surface area contributed by atoms with Gasteiger partial charge in [-0.3, -0.25) is 4.79 Å². The van der Waals surface area contributed by atoms with Crippen LogP contribution in [0.2, 0.25) is 0 Å². The second-order valence-electron chi connectivity index (χ2n) is 5.03. The molecule has 0 spiro atoms. The summed E-state index contributed by atoms with van der Waals surface area (Å²) in [5.74, 6) is 0.543. The topological polar surface area (TPSA) is 69.2 Å². The number of nitrogens with one attached hydrogen (secondary N) is 1. The molecule has 0 radical (unpaired) electrons. The third kappa shape index (κ3) is 5.80. The van der Waals surface area contributed by atoms with Gasteiger partial charge in [0.1, 0.15) is 5.82 Å². The maximum absolute atomic E-state index is 12.8. The second kappa shape index (κ2) is 9.27. The average molecular weight is 346 g/mol. The Morgan fingerprint density at radius 2 is 1.84 bits per heavy atom. The zero-order valence-electron chi connectivity index (χ0n) is 14.0. The molecule has 0 saturated carbocycles. The van der Waals surface area contributed by atoms with Gasteiger partial charge in [0.15, 0.2) is 18.1 Å². The van der Waals surface area contributed by atoms with Crippen LogP contribution >= 0.6 is 0 Å². The Hall–Kier alpha value is -3.09. The van der Waals surface area contributed by atoms with E-state index in [-0.39, 0.29) is 18.3 Å². The number of halogens is 1. The highest BCUT2D eigenvalue weighted by molar-refractivity contribution is 5.81. The Balaban J connectivity index is 1.76. The summed E-state index contributed by atoms with van der Waals surface area (Å²) in [6, 6.07) is 11.1. The lowest BCUT2D eigenvalue weighted by atomic mass is 10.2. The molecule has 1 amide bonds. The van der Waals surface area contributed by atoms with E-state index in [1.807, 2.05) is 0 Å². The van der Waals surface area contributed by atoms with Gasteiger partial charge in [-0.1, -0.05) is 17.3 Å². The van der Waals surface area contributed by atoms with Crippen LogP contribution in [0.15, 0.2) is 47.6 Å². The summed E-state index contributed by atoms with van der Waals surface area (Å²) in [6.45, 7) is 0.0762. The second-order valence-corrected chi connectivity index (χ2v) is 5.03. The first-order chi connectivity index (χ1) is 12.1. The number of hydrogen-bond acceptors (Lipinski definition) is 5. The fourth-order valence-corrected chi connectivity index (χ4v) is 1.98. The normalized spacial score (nSPS) is 10.5. The molecule has 0 bridgehead atoms. The summed E-state index contributed by atoms with van der Waals surface area (Å²) in [7, 11) is 3.10. The Bertz CT molecular complexity index is 732. The summed E-state index contributed by atoms with van der Waals surface area (Å²) in [6.07, 6.45) is 1.47. The van der Waals surface area contributed by atoms with Crippen molar-refractivity contribution in [1.82, 2.24) is 5.32 Å². The van der Waals surface area contributed by atoms with E-state index in [0.717, 1.165) is 11.1 Å². The first-order valence-corrected chi connectivity index (χ1v) is 7.51. The van der Waals surface area contributed by atoms with Gasteiger partial charge in [-0.15, -0.1) is 0 Å². The minimum atomic E-state index is -0.325. The van der Waals surface area contributed by atoms with Gasteiger partial charge in [-0.2, -0.15) is 0 Å². The highest BCUT2D eigenvalue weighted by Gasteiger charge is 2.04. The largest absolute Gasteiger partial charge is 0.493 e. The molecule has 0 aliphatic carbocycles. The number of carbonyl (C=O) groups excluding carboxylic acids is 1. The maximum atomic E-state index is 12.8. The molecule has 7 heteroatoms. The van der Waals surface area contributed by atoms with E-state index in [0.29, 0.717) is 18.0 Å². The first-order valence-electron chi connectivity index (χ1n) is 7.51. The average Bonchev–Trinajstić information content (AvgIpc) is 2.64. The molecule has 2 aromatic rings. The van der Waals surface area contributed by atoms with E-state index >= 15 is 0 Å². The lowest BCUT2D eigenvalue weighted by Gasteiger charge is -2.07. The number of rotatable bonds is 8. The fraction of sp³-hybridized carbons (Fsp3) is 0.222. The van der Waals surface area contributed by atoms with Crippen molar-refractivity contribution in [2.24, 2.45) is 5.16 Å². The summed E-state index contributed by atoms with van der Waals surface area (Å²) in [5.41, 5.74) is 1.54. The van der Waals surface area contributed by atoms with Crippen LogP contribution in [0, 0.1) is 5.82 Å². The van der Waals surface area contributed by atoms with Crippen molar-refractivity contribution in [3.63, 3.8) is 0 Å². The van der Waals surface area contributed by atoms with E-state index < -0.39 is 0 Å². The number of methoxy groups -OCH3 is 2. The third-order valence-electron chi connectivity index (χ3n) is 3.28. The van der Waals surface area contributed by atoms with Gasteiger partial charge < -0.3 is 19.6 Å². The highest BCUT2D eigenvalue weighted by atomic mass is 19.1. The predicted octanol–water partition coefficient (Wildman–Crippen LogP) is 2.51. The number of nitrogens with zero attached hydrogens (tertiary/aromatic N) is 1. The molecular weight excluding hydrogens is 327 g/mol. The van der Waals surface area contributed by atoms with Crippen molar-refractivity contribution in [3.05, 3.63) is 59.4 Å². The third-order valence-corrected chi connectivity index (χ3v) is 3.28. The first kappa shape index (κ1) is 18.3. The minimum Gasteiger partial charge on any atom is -0.493 e. The fourth-order valence-electron chi connectivity index (χ4n) is 1.98. The van der Waals surface area contributed by atoms with Gasteiger partial charge in [0.05, 0.1) is 20.4 Å². The molecule has 6 nitrogen and oxygen atoms in total. The van der Waals surface area contributed by atoms with Gasteiger partial charge in [0.25, 0.3) is 5.91 Å². The van der Waals surface area contributed by atoms with E-state index in [1.165, 1.54) is 18.3 Å². The van der Waals surface area contributed by atoms with Gasteiger partial charge in [-0.05, 0) is 35.9 Å². The van der Waals surface area contributed by atoms with Gasteiger partial charge in [0.2, 0.25) is 0 Å². The van der Waals surface area contributed by atoms with Crippen LogP contribution in [0.5, 0.6) is 11.5 Å². The van der Waals surface area contributed by atoms with Crippen molar-refractivity contribution in [2.45, 2.75) is 6.54 Å². The zero-order valence-corrected chi connectivity index (χ0v) is 14.0. The van der Waals surface area contributed by atoms with Gasteiger partial charge >= 0.3 is 0 Å². The molecule has 0 unspecified atom stereocenters. The molecule has 0 aliphatic rings. The molecule has 132 valence electrons. The molecule has 0 aliphatic heterocycles. The zero-order chi connectivity index (χ0) is 18.1. The van der Waals surface area contributed by atoms with Crippen LogP contribution in [-0.2, 0) is 16.2 Å². The van der Waals surface area contributed by atoms with Crippen molar-refractivity contribution in [1.29, 1.82) is 0 Å². The predicted molar refractivity (Wildman–Crippen MR) is 91.3 cm³/mol. The smallest absolute Gasteiger partial charge is 0.261 e. The van der Waals surface area contributed by atoms with E-state index in [4.69, 9.17) is 14.3 Å². The lowest BCUT2D eigenvalue weighted by molar-refractivity contribution is -0.125. The van der Waals surface area contributed by atoms with Crippen molar-refractivity contribution in [3.8, 4) is 11.5 Å². The molecule has 0 fully saturated rings. The number of carbonyl (C=O) groups is 1. The number of ether oxygens (including phenoxy) is 2. The molecule has 2 aromatic carbocycles. The lowest BCUT2D eigenvalue weighted by Crippen LogP contribution is -2.26. The maximum Gasteiger partial charge on any atom is 0.261 e. The molecule has 1 N–H and O–H groups in total. The Kier molecular flexibility index (Phi) is 6.76. The molecular formula is C18H19FN2O4. The number of oxime groups is 1. The SMILES string of the molecule is COc1ccc(/C=N\OCC(=O)NCc2ccc(F)cc2)cc1OC. The van der Waals surface area contributed by atoms with Crippen molar-refractivity contribution < 1.29 is 23.5 Å². The van der Waals surface area contributed by atoms with Crippen LogP contribution in [0.25, 0.3) is 0 Å². The van der Waals surface area contributed by atoms with Crippen molar-refractivity contribution >= 4 is 12.1 Å². The van der Waals surface area contributed by atoms with E-state index in [9.17, 15) is 9.18 Å². The van der Waals surface area contributed by atoms with E-state index in [2.05, 4.69) is 10.5 Å². The standard InChI is InChI=1S/C18H19FN2O4/c1-23-16-8-5-14(9-17(16)24-2)11-21-25-12-18(22)20-10-13-3-6-15(19)7-4-13/h3-9,11H,10,12H2,1-2H3,(H,20,22)/b21-11-. The Morgan fingerprint density at radius 1 is 1.12 bits per heavy atom. The van der Waals surface area contributed by atoms with E-state index in [1.54, 1.807) is 44.6 Å². The van der Waals surface area contributed by atoms with Crippen molar-refractivity contribution in [2.75, 3.05) is 20.8 Å². The van der Waals surface area contributed by atoms with Crippen LogP contribution in [-0.4, -0.2) is 32.9 Å². The van der Waals surface area contributed by atoms with Gasteiger partial charge in [0, 0.05) is 12.1 Å². The highest BCUT2D eigenvalue weighted by Crippen LogP contribution is 2.26. The minimum absolute atomic E-state index is 0.217. The van der Waals surface area contributed by atoms with Crippen LogP contribution < -0.4 is 14.8 Å². The molecule has 0 atom stereocenters. The number of amides is 1. The molecule has 25 heavy (non-hydrogen) atoms. The van der Waals surface area contributed by atoms with Crippen LogP contribution in [0.1, 0.15) is 11.1 Å². The molecule has 0 aromatic heterocycles. The van der Waals surface area contributed by atoms with Crippen LogP contribution in [0.4, 0.5) is 4.39 Å². The Morgan fingerprint density at radius 3 is 2.52 bits per heavy atom. The summed E-state index contributed by atoms with van der Waals surface area (Å²) >= 11 is 0. The number of benzene rings is 2. The molecule has 2 rings (SSSR count). The molecule has 0 heterocycles. The monoisotopic (exact) mass is 346 g/mol. The van der Waals surface area contributed by atoms with Crippen LogP contribution in [0.3, 0.4) is 0 Å². The van der Waals surface area contributed by atoms with Gasteiger partial charge in [-0.25, -0.2) is 4.39 Å². The number of hydrogen-bond donors (Lipinski definition) is 1. The summed E-state index contributed by atoms with van der Waals surface area (Å²) in [4.78, 5) is 16.6. The summed E-state index contributed by atoms with van der Waals surface area (Å²) in [5, 5.41) is 6.40. The molecule has 0 saturated heterocycles. The quantitative estimate of drug-likeness (QED) is 0.589.